The summed E-state index contributed by atoms with van der Waals surface area (Å²) in [6.45, 7) is 10.9. The van der Waals surface area contributed by atoms with Crippen LogP contribution in [0.25, 0.3) is 22.4 Å². The Kier molecular flexibility index (Phi) is 17.5. The van der Waals surface area contributed by atoms with Gasteiger partial charge in [0.15, 0.2) is 0 Å². The molecule has 2 heterocycles. The Hall–Kier alpha value is -5.04. The number of H-pyrrole nitrogens is 1. The van der Waals surface area contributed by atoms with E-state index in [1.54, 1.807) is 0 Å². The second-order valence-electron chi connectivity index (χ2n) is 13.0. The Labute approximate surface area is 306 Å². The van der Waals surface area contributed by atoms with Gasteiger partial charge in [-0.25, -0.2) is 5.01 Å². The molecule has 12 nitrogen and oxygen atoms in total. The van der Waals surface area contributed by atoms with Gasteiger partial charge in [-0.3, -0.25) is 25.0 Å². The number of amides is 1. The molecule has 12 heteroatoms. The number of aromatic hydroxyl groups is 2. The number of anilines is 1. The Morgan fingerprint density at radius 3 is 2.19 bits per heavy atom. The summed E-state index contributed by atoms with van der Waals surface area (Å²) in [5.41, 5.74) is 10.4. The van der Waals surface area contributed by atoms with Gasteiger partial charge in [-0.15, -0.1) is 0 Å². The Morgan fingerprint density at radius 2 is 1.58 bits per heavy atom. The van der Waals surface area contributed by atoms with Gasteiger partial charge in [0.2, 0.25) is 5.91 Å². The van der Waals surface area contributed by atoms with E-state index in [4.69, 9.17) is 9.90 Å². The number of aromatic amines is 1. The maximum atomic E-state index is 11.5. The topological polar surface area (TPSA) is 171 Å². The highest BCUT2D eigenvalue weighted by atomic mass is 16.3. The van der Waals surface area contributed by atoms with Gasteiger partial charge >= 0.3 is 0 Å². The minimum Gasteiger partial charge on any atom is -0.508 e. The van der Waals surface area contributed by atoms with Crippen molar-refractivity contribution in [1.82, 2.24) is 25.5 Å². The molecule has 0 aliphatic carbocycles. The number of nitrogens with zero attached hydrogens (tertiary/aromatic N) is 3. The smallest absolute Gasteiger partial charge is 0.290 e. The number of phenols is 2. The zero-order chi connectivity index (χ0) is 37.9. The number of aldehydes is 1. The fourth-order valence-corrected chi connectivity index (χ4v) is 6.00. The number of aromatic nitrogens is 2. The summed E-state index contributed by atoms with van der Waals surface area (Å²) < 4.78 is 0. The fourth-order valence-electron chi connectivity index (χ4n) is 6.00. The number of phenolic OH excluding ortho intramolecular Hbond substituents is 2. The highest BCUT2D eigenvalue weighted by Gasteiger charge is 2.21. The lowest BCUT2D eigenvalue weighted by molar-refractivity contribution is -0.123. The number of aryl methyl sites for hydroxylation is 1. The number of carbonyl (C=O) groups is 3. The van der Waals surface area contributed by atoms with Crippen molar-refractivity contribution in [3.05, 3.63) is 83.6 Å². The number of para-hydroxylation sites is 1. The first kappa shape index (κ1) is 41.4. The molecule has 0 bridgehead atoms. The molecule has 1 aromatic heterocycles. The predicted molar refractivity (Wildman–Crippen MR) is 205 cm³/mol. The molecular formula is C40H54N6O6. The third-order valence-corrected chi connectivity index (χ3v) is 8.84. The number of rotatable bonds is 14. The third kappa shape index (κ3) is 12.9. The molecule has 3 aromatic carbocycles. The molecule has 6 N–H and O–H groups in total. The Balaban J connectivity index is 0.000000307. The molecule has 1 saturated heterocycles. The highest BCUT2D eigenvalue weighted by molar-refractivity contribution is 5.90. The zero-order valence-corrected chi connectivity index (χ0v) is 30.8. The maximum absolute atomic E-state index is 11.5. The van der Waals surface area contributed by atoms with Gasteiger partial charge in [-0.05, 0) is 67.6 Å². The molecule has 0 atom stereocenters. The summed E-state index contributed by atoms with van der Waals surface area (Å²) in [5.74, 6) is 0.325. The van der Waals surface area contributed by atoms with Gasteiger partial charge in [0, 0.05) is 74.1 Å². The molecule has 0 saturated carbocycles. The van der Waals surface area contributed by atoms with Gasteiger partial charge < -0.3 is 25.4 Å². The van der Waals surface area contributed by atoms with E-state index in [2.05, 4.69) is 55.1 Å². The van der Waals surface area contributed by atoms with Crippen LogP contribution in [0.1, 0.15) is 75.1 Å². The van der Waals surface area contributed by atoms with Crippen molar-refractivity contribution in [2.75, 3.05) is 38.5 Å². The van der Waals surface area contributed by atoms with E-state index in [1.807, 2.05) is 64.2 Å². The average Bonchev–Trinajstić information content (AvgIpc) is 3.52. The van der Waals surface area contributed by atoms with E-state index in [9.17, 15) is 19.8 Å². The van der Waals surface area contributed by atoms with Crippen LogP contribution in [0.3, 0.4) is 0 Å². The van der Waals surface area contributed by atoms with Crippen molar-refractivity contribution in [3.8, 4) is 33.9 Å². The minimum atomic E-state index is -0.250. The number of carbonyl (C=O) groups excluding carboxylic acids is 2. The molecule has 4 aromatic rings. The van der Waals surface area contributed by atoms with E-state index in [1.165, 1.54) is 11.6 Å². The third-order valence-electron chi connectivity index (χ3n) is 8.84. The van der Waals surface area contributed by atoms with Crippen LogP contribution in [-0.2, 0) is 20.9 Å². The van der Waals surface area contributed by atoms with Crippen LogP contribution in [-0.4, -0.2) is 87.3 Å². The van der Waals surface area contributed by atoms with Crippen LogP contribution >= 0.6 is 0 Å². The maximum Gasteiger partial charge on any atom is 0.290 e. The first-order valence-corrected chi connectivity index (χ1v) is 17.8. The summed E-state index contributed by atoms with van der Waals surface area (Å²) in [6.07, 6.45) is 5.99. The van der Waals surface area contributed by atoms with Crippen molar-refractivity contribution in [3.63, 3.8) is 0 Å². The number of hydrogen-bond acceptors (Lipinski definition) is 9. The van der Waals surface area contributed by atoms with Crippen LogP contribution in [0.5, 0.6) is 11.5 Å². The summed E-state index contributed by atoms with van der Waals surface area (Å²) >= 11 is 0. The average molecular weight is 715 g/mol. The van der Waals surface area contributed by atoms with Gasteiger partial charge in [-0.1, -0.05) is 69.2 Å². The predicted octanol–water partition coefficient (Wildman–Crippen LogP) is 6.70. The van der Waals surface area contributed by atoms with Gasteiger partial charge in [0.1, 0.15) is 23.5 Å². The van der Waals surface area contributed by atoms with E-state index in [-0.39, 0.29) is 29.8 Å². The quantitative estimate of drug-likeness (QED) is 0.0610. The van der Waals surface area contributed by atoms with E-state index in [0.717, 1.165) is 92.8 Å². The molecule has 52 heavy (non-hydrogen) atoms. The van der Waals surface area contributed by atoms with Gasteiger partial charge in [0.25, 0.3) is 6.47 Å². The minimum absolute atomic E-state index is 0.0250. The van der Waals surface area contributed by atoms with Gasteiger partial charge in [0.05, 0.1) is 0 Å². The molecular weight excluding hydrogens is 660 g/mol. The number of benzene rings is 3. The zero-order valence-electron chi connectivity index (χ0n) is 30.8. The largest absolute Gasteiger partial charge is 0.508 e. The van der Waals surface area contributed by atoms with Crippen molar-refractivity contribution in [2.24, 2.45) is 0 Å². The second kappa shape index (κ2) is 22.0. The van der Waals surface area contributed by atoms with Crippen LogP contribution < -0.4 is 10.7 Å². The monoisotopic (exact) mass is 714 g/mol. The molecule has 1 aliphatic heterocycles. The van der Waals surface area contributed by atoms with Crippen molar-refractivity contribution in [2.45, 2.75) is 71.8 Å². The standard InChI is InChI=1S/C25H33N5O2.C14H19NO2.CH2O2/c1-16(2)20-13-21(23(32)14-22(20)31)25-24(17(3)27-28-25)19-7-5-18(6-8-19)15-29-9-11-30(26-4)12-10-29;16-12-8-3-1-2-7-11-14(17)15-13-9-5-4-6-10-13;2-1-3/h5-8,13-14,16,26,31-32H,9-12,15H2,1-4H3,(H,27,28);4-6,9-10,12H,1-3,7-8,11H2,(H,15,17);1H,(H,2,3). The van der Waals surface area contributed by atoms with E-state index < -0.39 is 0 Å². The number of carboxylic acid groups (broad SMARTS) is 1. The molecule has 5 rings (SSSR count). The summed E-state index contributed by atoms with van der Waals surface area (Å²) in [5, 5.41) is 40.3. The second-order valence-corrected chi connectivity index (χ2v) is 13.0. The van der Waals surface area contributed by atoms with E-state index >= 15 is 0 Å². The van der Waals surface area contributed by atoms with Crippen molar-refractivity contribution in [1.29, 1.82) is 0 Å². The molecule has 1 fully saturated rings. The molecule has 1 amide bonds. The van der Waals surface area contributed by atoms with Crippen LogP contribution in [0.15, 0.2) is 66.7 Å². The fraction of sp³-hybridized carbons (Fsp3) is 0.400. The first-order chi connectivity index (χ1) is 25.1. The molecule has 280 valence electrons. The summed E-state index contributed by atoms with van der Waals surface area (Å²) in [4.78, 5) is 32.5. The Bertz CT molecular complexity index is 1670. The number of nitrogens with one attached hydrogen (secondary N) is 3. The number of piperazine rings is 1. The van der Waals surface area contributed by atoms with Crippen LogP contribution in [0.2, 0.25) is 0 Å². The van der Waals surface area contributed by atoms with Crippen LogP contribution in [0, 0.1) is 6.92 Å². The van der Waals surface area contributed by atoms with Gasteiger partial charge in [-0.2, -0.15) is 5.10 Å². The molecule has 0 radical (unpaired) electrons. The number of unbranched alkanes of at least 4 members (excludes halogenated alkanes) is 4. The molecule has 0 unspecified atom stereocenters. The van der Waals surface area contributed by atoms with Crippen molar-refractivity contribution >= 4 is 24.4 Å². The first-order valence-electron chi connectivity index (χ1n) is 17.8. The normalized spacial score (nSPS) is 13.0. The molecule has 0 spiro atoms. The lowest BCUT2D eigenvalue weighted by Crippen LogP contribution is -2.50. The van der Waals surface area contributed by atoms with Crippen molar-refractivity contribution < 1.29 is 29.7 Å². The van der Waals surface area contributed by atoms with E-state index in [0.29, 0.717) is 24.1 Å². The SMILES string of the molecule is CNN1CCN(Cc2ccc(-c3c(-c4cc(C(C)C)c(O)cc4O)n[nH]c3C)cc2)CC1.O=CCCCCCCC(=O)Nc1ccccc1.O=CO. The summed E-state index contributed by atoms with van der Waals surface area (Å²) in [6, 6.07) is 21.3. The number of hydrazine groups is 1. The summed E-state index contributed by atoms with van der Waals surface area (Å²) in [7, 11) is 1.97. The lowest BCUT2D eigenvalue weighted by atomic mass is 9.94. The lowest BCUT2D eigenvalue weighted by Gasteiger charge is -2.34. The number of hydrogen-bond donors (Lipinski definition) is 6. The highest BCUT2D eigenvalue weighted by Crippen LogP contribution is 2.41. The van der Waals surface area contributed by atoms with Crippen LogP contribution in [0.4, 0.5) is 5.69 Å². The Morgan fingerprint density at radius 1 is 0.923 bits per heavy atom. The molecule has 1 aliphatic rings.